The van der Waals surface area contributed by atoms with Crippen LogP contribution >= 0.6 is 11.8 Å². The summed E-state index contributed by atoms with van der Waals surface area (Å²) < 4.78 is 12.1. The second-order valence-electron chi connectivity index (χ2n) is 4.34. The van der Waals surface area contributed by atoms with Crippen molar-refractivity contribution in [1.82, 2.24) is 14.8 Å². The van der Waals surface area contributed by atoms with Gasteiger partial charge >= 0.3 is 5.97 Å². The summed E-state index contributed by atoms with van der Waals surface area (Å²) in [5.74, 6) is 1.18. The minimum absolute atomic E-state index is 0.287. The number of para-hydroxylation sites is 1. The van der Waals surface area contributed by atoms with E-state index < -0.39 is 0 Å². The second-order valence-corrected chi connectivity index (χ2v) is 5.65. The van der Waals surface area contributed by atoms with E-state index in [0.29, 0.717) is 17.6 Å². The summed E-state index contributed by atoms with van der Waals surface area (Å²) >= 11 is 1.30. The van der Waals surface area contributed by atoms with E-state index in [1.807, 2.05) is 41.9 Å². The third-order valence-electron chi connectivity index (χ3n) is 2.85. The molecule has 1 atom stereocenters. The molecule has 0 bridgehead atoms. The maximum absolute atomic E-state index is 11.4. The zero-order valence-electron chi connectivity index (χ0n) is 12.1. The van der Waals surface area contributed by atoms with E-state index in [4.69, 9.17) is 9.47 Å². The predicted molar refractivity (Wildman–Crippen MR) is 79.1 cm³/mol. The summed E-state index contributed by atoms with van der Waals surface area (Å²) in [6.45, 7) is 2.09. The molecule has 6 nitrogen and oxygen atoms in total. The van der Waals surface area contributed by atoms with Crippen LogP contribution in [0.1, 0.15) is 12.7 Å². The molecule has 1 heterocycles. The van der Waals surface area contributed by atoms with Gasteiger partial charge in [-0.1, -0.05) is 30.0 Å². The number of carbonyl (C=O) groups is 1. The molecule has 1 aromatic carbocycles. The Balaban J connectivity index is 1.98. The number of hydrogen-bond acceptors (Lipinski definition) is 6. The van der Waals surface area contributed by atoms with Crippen molar-refractivity contribution in [2.45, 2.75) is 23.9 Å². The molecule has 0 aliphatic heterocycles. The number of benzene rings is 1. The van der Waals surface area contributed by atoms with Crippen LogP contribution in [0.25, 0.3) is 0 Å². The molecule has 21 heavy (non-hydrogen) atoms. The molecule has 0 spiro atoms. The molecule has 0 radical (unpaired) electrons. The van der Waals surface area contributed by atoms with Crippen molar-refractivity contribution in [3.05, 3.63) is 36.2 Å². The van der Waals surface area contributed by atoms with E-state index in [-0.39, 0.29) is 11.2 Å². The number of nitrogens with zero attached hydrogens (tertiary/aromatic N) is 3. The zero-order valence-corrected chi connectivity index (χ0v) is 13.0. The van der Waals surface area contributed by atoms with E-state index in [2.05, 4.69) is 10.2 Å². The fourth-order valence-electron chi connectivity index (χ4n) is 1.61. The lowest BCUT2D eigenvalue weighted by Gasteiger charge is -2.09. The molecule has 112 valence electrons. The lowest BCUT2D eigenvalue weighted by atomic mass is 10.3. The molecule has 0 fully saturated rings. The van der Waals surface area contributed by atoms with Crippen molar-refractivity contribution in [3.8, 4) is 5.75 Å². The lowest BCUT2D eigenvalue weighted by molar-refractivity contribution is -0.139. The van der Waals surface area contributed by atoms with Gasteiger partial charge in [0.15, 0.2) is 11.0 Å². The van der Waals surface area contributed by atoms with E-state index in [1.54, 1.807) is 6.92 Å². The fourth-order valence-corrected chi connectivity index (χ4v) is 2.47. The Kier molecular flexibility index (Phi) is 5.21. The van der Waals surface area contributed by atoms with Crippen LogP contribution in [-0.4, -0.2) is 33.1 Å². The number of rotatable bonds is 6. The Bertz CT molecular complexity index is 601. The zero-order chi connectivity index (χ0) is 15.2. The van der Waals surface area contributed by atoms with Crippen molar-refractivity contribution in [1.29, 1.82) is 0 Å². The summed E-state index contributed by atoms with van der Waals surface area (Å²) in [6.07, 6.45) is 0. The molecule has 1 aromatic heterocycles. The summed E-state index contributed by atoms with van der Waals surface area (Å²) in [6, 6.07) is 9.51. The van der Waals surface area contributed by atoms with E-state index in [9.17, 15) is 4.79 Å². The Hall–Kier alpha value is -2.02. The number of aromatic nitrogens is 3. The molecule has 0 amide bonds. The van der Waals surface area contributed by atoms with Gasteiger partial charge in [-0.25, -0.2) is 0 Å². The molecule has 0 aliphatic carbocycles. The number of thioether (sulfide) groups is 1. The highest BCUT2D eigenvalue weighted by molar-refractivity contribution is 8.00. The average Bonchev–Trinajstić information content (AvgIpc) is 2.86. The Morgan fingerprint density at radius 1 is 1.33 bits per heavy atom. The quantitative estimate of drug-likeness (QED) is 0.601. The molecular formula is C14H17N3O3S. The molecule has 2 aromatic rings. The monoisotopic (exact) mass is 307 g/mol. The highest BCUT2D eigenvalue weighted by Gasteiger charge is 2.19. The predicted octanol–water partition coefficient (Wildman–Crippen LogP) is 2.05. The molecule has 7 heteroatoms. The number of ether oxygens (including phenoxy) is 2. The van der Waals surface area contributed by atoms with Gasteiger partial charge in [0.1, 0.15) is 17.6 Å². The number of carbonyl (C=O) groups excluding carboxylic acids is 1. The maximum atomic E-state index is 11.4. The van der Waals surface area contributed by atoms with E-state index in [1.165, 1.54) is 18.9 Å². The summed E-state index contributed by atoms with van der Waals surface area (Å²) in [5.41, 5.74) is 0. The Labute approximate surface area is 127 Å². The van der Waals surface area contributed by atoms with E-state index >= 15 is 0 Å². The maximum Gasteiger partial charge on any atom is 0.318 e. The summed E-state index contributed by atoms with van der Waals surface area (Å²) in [5, 5.41) is 8.48. The van der Waals surface area contributed by atoms with Gasteiger partial charge in [0.2, 0.25) is 0 Å². The smallest absolute Gasteiger partial charge is 0.318 e. The van der Waals surface area contributed by atoms with Gasteiger partial charge in [-0.15, -0.1) is 10.2 Å². The van der Waals surface area contributed by atoms with Gasteiger partial charge in [0.25, 0.3) is 0 Å². The van der Waals surface area contributed by atoms with Gasteiger partial charge < -0.3 is 14.0 Å². The molecule has 0 saturated heterocycles. The summed E-state index contributed by atoms with van der Waals surface area (Å²) in [4.78, 5) is 11.4. The standard InChI is InChI=1S/C14H17N3O3S/c1-10(13(18)19-3)21-14-16-15-12(17(14)2)9-20-11-7-5-4-6-8-11/h4-8,10H,9H2,1-3H3/t10-/m1/s1. The topological polar surface area (TPSA) is 66.2 Å². The van der Waals surface area contributed by atoms with Gasteiger partial charge in [0, 0.05) is 7.05 Å². The Morgan fingerprint density at radius 2 is 2.05 bits per heavy atom. The number of methoxy groups -OCH3 is 1. The molecule has 0 aliphatic rings. The van der Waals surface area contributed by atoms with Crippen LogP contribution in [0.3, 0.4) is 0 Å². The minimum Gasteiger partial charge on any atom is -0.486 e. The van der Waals surface area contributed by atoms with Gasteiger partial charge in [-0.05, 0) is 19.1 Å². The van der Waals surface area contributed by atoms with Crippen LogP contribution < -0.4 is 4.74 Å². The van der Waals surface area contributed by atoms with Crippen LogP contribution in [0.4, 0.5) is 0 Å². The lowest BCUT2D eigenvalue weighted by Crippen LogP contribution is -2.15. The average molecular weight is 307 g/mol. The van der Waals surface area contributed by atoms with Crippen LogP contribution in [0.5, 0.6) is 5.75 Å². The molecule has 2 rings (SSSR count). The SMILES string of the molecule is COC(=O)[C@@H](C)Sc1nnc(COc2ccccc2)n1C. The van der Waals surface area contributed by atoms with Crippen molar-refractivity contribution in [2.75, 3.05) is 7.11 Å². The second kappa shape index (κ2) is 7.12. The van der Waals surface area contributed by atoms with Crippen molar-refractivity contribution in [3.63, 3.8) is 0 Å². The molecule has 0 unspecified atom stereocenters. The van der Waals surface area contributed by atoms with Gasteiger partial charge in [-0.3, -0.25) is 4.79 Å². The number of hydrogen-bond donors (Lipinski definition) is 0. The van der Waals surface area contributed by atoms with Crippen LogP contribution in [0.2, 0.25) is 0 Å². The first-order chi connectivity index (χ1) is 10.1. The Morgan fingerprint density at radius 3 is 2.71 bits per heavy atom. The first kappa shape index (κ1) is 15.4. The van der Waals surface area contributed by atoms with E-state index in [0.717, 1.165) is 5.75 Å². The molecule has 0 N–H and O–H groups in total. The third kappa shape index (κ3) is 3.98. The van der Waals surface area contributed by atoms with Crippen LogP contribution in [-0.2, 0) is 23.2 Å². The summed E-state index contributed by atoms with van der Waals surface area (Å²) in [7, 11) is 3.21. The minimum atomic E-state index is -0.333. The number of esters is 1. The fraction of sp³-hybridized carbons (Fsp3) is 0.357. The largest absolute Gasteiger partial charge is 0.486 e. The van der Waals surface area contributed by atoms with Crippen molar-refractivity contribution < 1.29 is 14.3 Å². The first-order valence-electron chi connectivity index (χ1n) is 6.42. The molecular weight excluding hydrogens is 290 g/mol. The third-order valence-corrected chi connectivity index (χ3v) is 3.96. The highest BCUT2D eigenvalue weighted by Crippen LogP contribution is 2.22. The normalized spacial score (nSPS) is 12.0. The highest BCUT2D eigenvalue weighted by atomic mass is 32.2. The van der Waals surface area contributed by atoms with Crippen molar-refractivity contribution >= 4 is 17.7 Å². The van der Waals surface area contributed by atoms with Crippen LogP contribution in [0, 0.1) is 0 Å². The molecule has 0 saturated carbocycles. The van der Waals surface area contributed by atoms with Crippen LogP contribution in [0.15, 0.2) is 35.5 Å². The van der Waals surface area contributed by atoms with Gasteiger partial charge in [0.05, 0.1) is 7.11 Å². The first-order valence-corrected chi connectivity index (χ1v) is 7.30. The van der Waals surface area contributed by atoms with Gasteiger partial charge in [-0.2, -0.15) is 0 Å². The van der Waals surface area contributed by atoms with Crippen molar-refractivity contribution in [2.24, 2.45) is 7.05 Å².